The number of thiocarbonyl (C=S) groups is 1. The number of aryl methyl sites for hydroxylation is 3. The highest BCUT2D eigenvalue weighted by Crippen LogP contribution is 2.36. The number of thiophene rings is 1. The van der Waals surface area contributed by atoms with Crippen LogP contribution in [0.1, 0.15) is 34.0 Å². The molecule has 0 saturated carbocycles. The second-order valence-electron chi connectivity index (χ2n) is 7.50. The zero-order chi connectivity index (χ0) is 24.0. The van der Waals surface area contributed by atoms with Gasteiger partial charge in [0, 0.05) is 10.9 Å². The summed E-state index contributed by atoms with van der Waals surface area (Å²) in [5.41, 5.74) is 5.13. The summed E-state index contributed by atoms with van der Waals surface area (Å²) < 4.78 is 10.9. The number of carbonyl (C=O) groups is 2. The molecule has 3 aromatic rings. The molecule has 3 rings (SSSR count). The molecule has 0 unspecified atom stereocenters. The average Bonchev–Trinajstić information content (AvgIpc) is 3.18. The second kappa shape index (κ2) is 11.1. The number of rotatable bonds is 7. The SMILES string of the molecule is CCOC(=O)c1c(-c2ccc(C)cc2)csc1NC(=S)NC(=O)COc1cc(C)ccc1C. The van der Waals surface area contributed by atoms with Gasteiger partial charge in [-0.25, -0.2) is 4.79 Å². The number of esters is 1. The summed E-state index contributed by atoms with van der Waals surface area (Å²) in [6.45, 7) is 7.69. The van der Waals surface area contributed by atoms with Crippen LogP contribution < -0.4 is 15.4 Å². The van der Waals surface area contributed by atoms with Crippen LogP contribution >= 0.6 is 23.6 Å². The third kappa shape index (κ3) is 6.40. The van der Waals surface area contributed by atoms with Gasteiger partial charge in [-0.3, -0.25) is 10.1 Å². The van der Waals surface area contributed by atoms with Gasteiger partial charge in [0.25, 0.3) is 5.91 Å². The van der Waals surface area contributed by atoms with Crippen LogP contribution in [-0.4, -0.2) is 30.2 Å². The van der Waals surface area contributed by atoms with Crippen molar-refractivity contribution in [2.75, 3.05) is 18.5 Å². The van der Waals surface area contributed by atoms with Crippen molar-refractivity contribution < 1.29 is 19.1 Å². The van der Waals surface area contributed by atoms with Crippen LogP contribution in [0.4, 0.5) is 5.00 Å². The molecule has 0 radical (unpaired) electrons. The third-order valence-corrected chi connectivity index (χ3v) is 5.92. The number of amides is 1. The Labute approximate surface area is 202 Å². The topological polar surface area (TPSA) is 76.7 Å². The lowest BCUT2D eigenvalue weighted by molar-refractivity contribution is -0.121. The first-order valence-corrected chi connectivity index (χ1v) is 11.7. The maximum absolute atomic E-state index is 12.7. The standard InChI is InChI=1S/C25H26N2O4S2/c1-5-30-24(29)22-19(18-10-7-15(2)8-11-18)14-33-23(22)27-25(32)26-21(28)13-31-20-12-16(3)6-9-17(20)4/h6-12,14H,5,13H2,1-4H3,(H2,26,27,28,32). The highest BCUT2D eigenvalue weighted by atomic mass is 32.1. The Bertz CT molecular complexity index is 1170. The molecule has 2 N–H and O–H groups in total. The Balaban J connectivity index is 1.70. The molecule has 1 aromatic heterocycles. The minimum absolute atomic E-state index is 0.0763. The van der Waals surface area contributed by atoms with Gasteiger partial charge in [-0.15, -0.1) is 11.3 Å². The largest absolute Gasteiger partial charge is 0.483 e. The number of hydrogen-bond acceptors (Lipinski definition) is 6. The van der Waals surface area contributed by atoms with E-state index in [0.29, 0.717) is 16.3 Å². The Morgan fingerprint density at radius 1 is 1.03 bits per heavy atom. The van der Waals surface area contributed by atoms with E-state index >= 15 is 0 Å². The molecule has 0 fully saturated rings. The fourth-order valence-corrected chi connectivity index (χ4v) is 4.35. The van der Waals surface area contributed by atoms with Crippen LogP contribution in [0.15, 0.2) is 47.8 Å². The van der Waals surface area contributed by atoms with E-state index in [2.05, 4.69) is 10.6 Å². The fraction of sp³-hybridized carbons (Fsp3) is 0.240. The van der Waals surface area contributed by atoms with E-state index in [1.165, 1.54) is 11.3 Å². The van der Waals surface area contributed by atoms with Gasteiger partial charge in [0.2, 0.25) is 0 Å². The third-order valence-electron chi connectivity index (χ3n) is 4.82. The van der Waals surface area contributed by atoms with E-state index in [9.17, 15) is 9.59 Å². The van der Waals surface area contributed by atoms with Crippen molar-refractivity contribution in [3.63, 3.8) is 0 Å². The Morgan fingerprint density at radius 3 is 2.42 bits per heavy atom. The van der Waals surface area contributed by atoms with E-state index in [1.807, 2.05) is 68.6 Å². The molecule has 33 heavy (non-hydrogen) atoms. The molecule has 0 bridgehead atoms. The van der Waals surface area contributed by atoms with Crippen LogP contribution in [0.5, 0.6) is 5.75 Å². The quantitative estimate of drug-likeness (QED) is 0.346. The fourth-order valence-electron chi connectivity index (χ4n) is 3.10. The van der Waals surface area contributed by atoms with Crippen LogP contribution in [0.3, 0.4) is 0 Å². The lowest BCUT2D eigenvalue weighted by Gasteiger charge is -2.12. The summed E-state index contributed by atoms with van der Waals surface area (Å²) in [7, 11) is 0. The smallest absolute Gasteiger partial charge is 0.341 e. The lowest BCUT2D eigenvalue weighted by Crippen LogP contribution is -2.37. The number of ether oxygens (including phenoxy) is 2. The molecule has 8 heteroatoms. The molecule has 0 aliphatic carbocycles. The molecule has 1 amide bonds. The zero-order valence-corrected chi connectivity index (χ0v) is 20.6. The molecular formula is C25H26N2O4S2. The van der Waals surface area contributed by atoms with Gasteiger partial charge in [0.05, 0.1) is 6.61 Å². The highest BCUT2D eigenvalue weighted by molar-refractivity contribution is 7.80. The summed E-state index contributed by atoms with van der Waals surface area (Å²) in [5.74, 6) is -0.208. The van der Waals surface area contributed by atoms with Crippen molar-refractivity contribution in [1.82, 2.24) is 5.32 Å². The first-order valence-electron chi connectivity index (χ1n) is 10.4. The van der Waals surface area contributed by atoms with Crippen molar-refractivity contribution in [2.45, 2.75) is 27.7 Å². The molecule has 0 atom stereocenters. The molecule has 172 valence electrons. The van der Waals surface area contributed by atoms with E-state index in [4.69, 9.17) is 21.7 Å². The Kier molecular flexibility index (Phi) is 8.19. The normalized spacial score (nSPS) is 10.4. The van der Waals surface area contributed by atoms with Crippen molar-refractivity contribution in [2.24, 2.45) is 0 Å². The van der Waals surface area contributed by atoms with E-state index in [-0.39, 0.29) is 18.3 Å². The number of hydrogen-bond donors (Lipinski definition) is 2. The van der Waals surface area contributed by atoms with Gasteiger partial charge < -0.3 is 14.8 Å². The summed E-state index contributed by atoms with van der Waals surface area (Å²) in [5, 5.41) is 8.01. The summed E-state index contributed by atoms with van der Waals surface area (Å²) in [4.78, 5) is 25.0. The zero-order valence-electron chi connectivity index (χ0n) is 19.0. The van der Waals surface area contributed by atoms with Crippen LogP contribution in [0.25, 0.3) is 11.1 Å². The summed E-state index contributed by atoms with van der Waals surface area (Å²) in [6.07, 6.45) is 0. The molecule has 0 saturated heterocycles. The second-order valence-corrected chi connectivity index (χ2v) is 8.79. The first-order chi connectivity index (χ1) is 15.8. The minimum Gasteiger partial charge on any atom is -0.483 e. The maximum Gasteiger partial charge on any atom is 0.341 e. The van der Waals surface area contributed by atoms with Gasteiger partial charge in [0.1, 0.15) is 16.3 Å². The number of nitrogens with one attached hydrogen (secondary N) is 2. The maximum atomic E-state index is 12.7. The van der Waals surface area contributed by atoms with Crippen molar-refractivity contribution >= 4 is 45.5 Å². The van der Waals surface area contributed by atoms with Crippen molar-refractivity contribution in [3.05, 3.63) is 70.1 Å². The summed E-state index contributed by atoms with van der Waals surface area (Å²) >= 11 is 6.62. The number of carbonyl (C=O) groups excluding carboxylic acids is 2. The van der Waals surface area contributed by atoms with Gasteiger partial charge >= 0.3 is 5.97 Å². The molecule has 6 nitrogen and oxygen atoms in total. The van der Waals surface area contributed by atoms with E-state index in [0.717, 1.165) is 27.8 Å². The van der Waals surface area contributed by atoms with Gasteiger partial charge in [-0.05, 0) is 62.7 Å². The summed E-state index contributed by atoms with van der Waals surface area (Å²) in [6, 6.07) is 13.7. The first kappa shape index (κ1) is 24.4. The minimum atomic E-state index is -0.454. The molecule has 0 aliphatic rings. The predicted molar refractivity (Wildman–Crippen MR) is 136 cm³/mol. The van der Waals surface area contributed by atoms with Crippen molar-refractivity contribution in [1.29, 1.82) is 0 Å². The highest BCUT2D eigenvalue weighted by Gasteiger charge is 2.22. The number of anilines is 1. The molecular weight excluding hydrogens is 456 g/mol. The Morgan fingerprint density at radius 2 is 1.73 bits per heavy atom. The van der Waals surface area contributed by atoms with Gasteiger partial charge in [-0.1, -0.05) is 42.0 Å². The number of benzene rings is 2. The van der Waals surface area contributed by atoms with Gasteiger partial charge in [0.15, 0.2) is 11.7 Å². The monoisotopic (exact) mass is 482 g/mol. The van der Waals surface area contributed by atoms with Crippen LogP contribution in [0.2, 0.25) is 0 Å². The molecule has 2 aromatic carbocycles. The van der Waals surface area contributed by atoms with E-state index < -0.39 is 11.9 Å². The van der Waals surface area contributed by atoms with E-state index in [1.54, 1.807) is 6.92 Å². The lowest BCUT2D eigenvalue weighted by atomic mass is 10.0. The Hall–Kier alpha value is -3.23. The van der Waals surface area contributed by atoms with Crippen LogP contribution in [0, 0.1) is 20.8 Å². The average molecular weight is 483 g/mol. The molecule has 0 aliphatic heterocycles. The van der Waals surface area contributed by atoms with Crippen LogP contribution in [-0.2, 0) is 9.53 Å². The molecule has 1 heterocycles. The van der Waals surface area contributed by atoms with Crippen molar-refractivity contribution in [3.8, 4) is 16.9 Å². The predicted octanol–water partition coefficient (Wildman–Crippen LogP) is 5.41. The molecule has 0 spiro atoms. The van der Waals surface area contributed by atoms with Gasteiger partial charge in [-0.2, -0.15) is 0 Å².